The van der Waals surface area contributed by atoms with Crippen molar-refractivity contribution in [1.82, 2.24) is 0 Å². The van der Waals surface area contributed by atoms with Crippen molar-refractivity contribution in [3.63, 3.8) is 0 Å². The molecule has 0 aliphatic heterocycles. The van der Waals surface area contributed by atoms with Gasteiger partial charge in [0.05, 0.1) is 12.8 Å². The van der Waals surface area contributed by atoms with Crippen LogP contribution in [0.15, 0.2) is 17.3 Å². The van der Waals surface area contributed by atoms with E-state index in [1.807, 2.05) is 19.1 Å². The molecule has 0 saturated carbocycles. The highest BCUT2D eigenvalue weighted by molar-refractivity contribution is 5.82. The predicted molar refractivity (Wildman–Crippen MR) is 94.4 cm³/mol. The molecule has 4 nitrogen and oxygen atoms in total. The molecule has 0 radical (unpaired) electrons. The highest BCUT2D eigenvalue weighted by Gasteiger charge is 2.27. The molecule has 0 aliphatic carbocycles. The smallest absolute Gasteiger partial charge is 0.331 e. The zero-order valence-corrected chi connectivity index (χ0v) is 15.6. The number of benzene rings is 1. The lowest BCUT2D eigenvalue weighted by Gasteiger charge is -2.30. The fourth-order valence-electron chi connectivity index (χ4n) is 2.30. The minimum atomic E-state index is -0.431. The van der Waals surface area contributed by atoms with Crippen molar-refractivity contribution in [2.45, 2.75) is 66.2 Å². The van der Waals surface area contributed by atoms with Gasteiger partial charge in [0.2, 0.25) is 0 Å². The van der Waals surface area contributed by atoms with Crippen LogP contribution < -0.4 is 4.74 Å². The van der Waals surface area contributed by atoms with Gasteiger partial charge in [-0.3, -0.25) is 0 Å². The van der Waals surface area contributed by atoms with E-state index in [2.05, 4.69) is 51.5 Å². The van der Waals surface area contributed by atoms with Gasteiger partial charge >= 0.3 is 5.97 Å². The maximum Gasteiger partial charge on any atom is 0.331 e. The number of carbonyl (C=O) groups is 1. The van der Waals surface area contributed by atoms with E-state index in [0.717, 1.165) is 22.4 Å². The second-order valence-corrected chi connectivity index (χ2v) is 7.70. The number of ether oxygens (including phenoxy) is 1. The highest BCUT2D eigenvalue weighted by Crippen LogP contribution is 2.40. The standard InChI is InChI=1S/C19H29NO3/c1-9-22-17-15(18(3,4)5)10-14(12-20-23-13(2)21)11-16(17)19(6,7)8/h10-12H,9H2,1-8H3. The summed E-state index contributed by atoms with van der Waals surface area (Å²) in [5.41, 5.74) is 2.99. The van der Waals surface area contributed by atoms with Crippen LogP contribution in [-0.2, 0) is 20.5 Å². The van der Waals surface area contributed by atoms with Gasteiger partial charge in [-0.2, -0.15) is 0 Å². The van der Waals surface area contributed by atoms with Crippen molar-refractivity contribution in [2.24, 2.45) is 5.16 Å². The Morgan fingerprint density at radius 1 is 1.09 bits per heavy atom. The van der Waals surface area contributed by atoms with Gasteiger partial charge in [0.15, 0.2) is 0 Å². The molecular weight excluding hydrogens is 290 g/mol. The second kappa shape index (κ2) is 7.16. The van der Waals surface area contributed by atoms with Crippen LogP contribution in [0.25, 0.3) is 0 Å². The fourth-order valence-corrected chi connectivity index (χ4v) is 2.30. The Hall–Kier alpha value is -1.84. The Morgan fingerprint density at radius 3 is 1.91 bits per heavy atom. The number of hydrogen-bond donors (Lipinski definition) is 0. The van der Waals surface area contributed by atoms with E-state index in [1.165, 1.54) is 6.92 Å². The lowest BCUT2D eigenvalue weighted by Crippen LogP contribution is -2.20. The van der Waals surface area contributed by atoms with Crippen LogP contribution in [0, 0.1) is 0 Å². The van der Waals surface area contributed by atoms with Gasteiger partial charge in [-0.05, 0) is 35.4 Å². The maximum atomic E-state index is 10.9. The summed E-state index contributed by atoms with van der Waals surface area (Å²) >= 11 is 0. The molecule has 0 N–H and O–H groups in total. The molecule has 0 fully saturated rings. The van der Waals surface area contributed by atoms with Crippen molar-refractivity contribution in [3.05, 3.63) is 28.8 Å². The second-order valence-electron chi connectivity index (χ2n) is 7.70. The van der Waals surface area contributed by atoms with Gasteiger partial charge in [-0.1, -0.05) is 46.7 Å². The summed E-state index contributed by atoms with van der Waals surface area (Å²) < 4.78 is 5.99. The molecule has 0 saturated heterocycles. The van der Waals surface area contributed by atoms with Crippen LogP contribution in [0.1, 0.15) is 72.1 Å². The molecule has 1 aromatic carbocycles. The van der Waals surface area contributed by atoms with Gasteiger partial charge in [0, 0.05) is 18.1 Å². The molecule has 0 aliphatic rings. The zero-order valence-electron chi connectivity index (χ0n) is 15.6. The zero-order chi connectivity index (χ0) is 17.8. The maximum absolute atomic E-state index is 10.9. The van der Waals surface area contributed by atoms with Crippen LogP contribution >= 0.6 is 0 Å². The average molecular weight is 319 g/mol. The number of carbonyl (C=O) groups excluding carboxylic acids is 1. The van der Waals surface area contributed by atoms with Crippen molar-refractivity contribution in [1.29, 1.82) is 0 Å². The molecular formula is C19H29NO3. The van der Waals surface area contributed by atoms with Crippen LogP contribution in [0.5, 0.6) is 5.75 Å². The van der Waals surface area contributed by atoms with E-state index in [-0.39, 0.29) is 10.8 Å². The van der Waals surface area contributed by atoms with E-state index in [4.69, 9.17) is 4.74 Å². The Morgan fingerprint density at radius 2 is 1.57 bits per heavy atom. The lowest BCUT2D eigenvalue weighted by atomic mass is 9.78. The summed E-state index contributed by atoms with van der Waals surface area (Å²) in [4.78, 5) is 15.5. The number of rotatable bonds is 4. The van der Waals surface area contributed by atoms with E-state index in [1.54, 1.807) is 6.21 Å². The predicted octanol–water partition coefficient (Wildman–Crippen LogP) is 4.58. The number of oxime groups is 1. The molecule has 0 unspecified atom stereocenters. The summed E-state index contributed by atoms with van der Waals surface area (Å²) in [6.07, 6.45) is 1.57. The molecule has 0 amide bonds. The average Bonchev–Trinajstić information content (AvgIpc) is 2.37. The number of nitrogens with zero attached hydrogens (tertiary/aromatic N) is 1. The fraction of sp³-hybridized carbons (Fsp3) is 0.579. The third-order valence-corrected chi connectivity index (χ3v) is 3.40. The molecule has 0 aromatic heterocycles. The molecule has 0 heterocycles. The molecule has 0 bridgehead atoms. The van der Waals surface area contributed by atoms with Crippen LogP contribution in [-0.4, -0.2) is 18.8 Å². The minimum absolute atomic E-state index is 0.0736. The van der Waals surface area contributed by atoms with Gasteiger partial charge < -0.3 is 9.57 Å². The topological polar surface area (TPSA) is 47.9 Å². The molecule has 1 rings (SSSR count). The Labute approximate surface area is 139 Å². The van der Waals surface area contributed by atoms with Gasteiger partial charge in [0.25, 0.3) is 0 Å². The third-order valence-electron chi connectivity index (χ3n) is 3.40. The summed E-state index contributed by atoms with van der Waals surface area (Å²) in [6.45, 7) is 16.9. The van der Waals surface area contributed by atoms with Crippen molar-refractivity contribution in [3.8, 4) is 5.75 Å². The first kappa shape index (κ1) is 19.2. The number of hydrogen-bond acceptors (Lipinski definition) is 4. The Balaban J connectivity index is 3.52. The van der Waals surface area contributed by atoms with E-state index >= 15 is 0 Å². The van der Waals surface area contributed by atoms with E-state index in [9.17, 15) is 4.79 Å². The third kappa shape index (κ3) is 5.38. The summed E-state index contributed by atoms with van der Waals surface area (Å²) in [5.74, 6) is 0.511. The first-order valence-corrected chi connectivity index (χ1v) is 7.99. The summed E-state index contributed by atoms with van der Waals surface area (Å²) in [7, 11) is 0. The SMILES string of the molecule is CCOc1c(C(C)(C)C)cc(C=NOC(C)=O)cc1C(C)(C)C. The largest absolute Gasteiger partial charge is 0.493 e. The van der Waals surface area contributed by atoms with E-state index < -0.39 is 5.97 Å². The normalized spacial score (nSPS) is 12.5. The molecule has 0 atom stereocenters. The van der Waals surface area contributed by atoms with Crippen LogP contribution in [0.3, 0.4) is 0 Å². The molecule has 0 spiro atoms. The van der Waals surface area contributed by atoms with Crippen molar-refractivity contribution >= 4 is 12.2 Å². The van der Waals surface area contributed by atoms with Crippen molar-refractivity contribution < 1.29 is 14.4 Å². The van der Waals surface area contributed by atoms with Crippen LogP contribution in [0.2, 0.25) is 0 Å². The van der Waals surface area contributed by atoms with Crippen LogP contribution in [0.4, 0.5) is 0 Å². The van der Waals surface area contributed by atoms with Gasteiger partial charge in [-0.15, -0.1) is 0 Å². The first-order chi connectivity index (χ1) is 10.5. The lowest BCUT2D eigenvalue weighted by molar-refractivity contribution is -0.140. The van der Waals surface area contributed by atoms with Gasteiger partial charge in [0.1, 0.15) is 5.75 Å². The summed E-state index contributed by atoms with van der Waals surface area (Å²) in [6, 6.07) is 4.10. The first-order valence-electron chi connectivity index (χ1n) is 7.99. The van der Waals surface area contributed by atoms with E-state index in [0.29, 0.717) is 6.61 Å². The summed E-state index contributed by atoms with van der Waals surface area (Å²) in [5, 5.41) is 3.75. The molecule has 23 heavy (non-hydrogen) atoms. The minimum Gasteiger partial charge on any atom is -0.493 e. The Kier molecular flexibility index (Phi) is 5.98. The van der Waals surface area contributed by atoms with Crippen molar-refractivity contribution in [2.75, 3.05) is 6.61 Å². The quantitative estimate of drug-likeness (QED) is 0.464. The molecule has 1 aromatic rings. The molecule has 4 heteroatoms. The Bertz CT molecular complexity index is 555. The monoisotopic (exact) mass is 319 g/mol. The highest BCUT2D eigenvalue weighted by atomic mass is 16.7. The molecule has 128 valence electrons. The van der Waals surface area contributed by atoms with Gasteiger partial charge in [-0.25, -0.2) is 4.79 Å².